The molecule has 0 rings (SSSR count). The Morgan fingerprint density at radius 2 is 0.845 bits per heavy atom. The van der Waals surface area contributed by atoms with Gasteiger partial charge in [0.15, 0.2) is 6.10 Å². The number of allylic oxidation sites excluding steroid dienone is 2. The van der Waals surface area contributed by atoms with Gasteiger partial charge >= 0.3 is 19.8 Å². The van der Waals surface area contributed by atoms with E-state index in [-0.39, 0.29) is 38.6 Å². The van der Waals surface area contributed by atoms with Gasteiger partial charge in [-0.3, -0.25) is 18.6 Å². The third-order valence-corrected chi connectivity index (χ3v) is 11.9. The molecule has 10 heteroatoms. The van der Waals surface area contributed by atoms with E-state index in [0.717, 1.165) is 32.1 Å². The van der Waals surface area contributed by atoms with Gasteiger partial charge in [-0.15, -0.1) is 0 Å². The van der Waals surface area contributed by atoms with E-state index in [4.69, 9.17) is 24.3 Å². The van der Waals surface area contributed by atoms with Crippen LogP contribution >= 0.6 is 7.82 Å². The second-order valence-corrected chi connectivity index (χ2v) is 18.1. The molecule has 0 aliphatic carbocycles. The highest BCUT2D eigenvalue weighted by molar-refractivity contribution is 7.47. The summed E-state index contributed by atoms with van der Waals surface area (Å²) in [6, 6.07) is 0. The number of carbonyl (C=O) groups is 2. The normalized spacial score (nSPS) is 13.2. The topological polar surface area (TPSA) is 134 Å². The van der Waals surface area contributed by atoms with Crippen molar-refractivity contribution in [2.75, 3.05) is 26.4 Å². The quantitative estimate of drug-likeness (QED) is 0.0266. The van der Waals surface area contributed by atoms with Crippen LogP contribution in [0.5, 0.6) is 0 Å². The molecule has 0 saturated carbocycles. The number of phosphoric ester groups is 1. The SMILES string of the molecule is CCCCCCCC/C=C/CCCCCCCCCCCCCC(=O)OC[C@@H](COP(=O)(O)OCCN)OC(=O)CCCCCCCCCCCCCCCCCC. The molecule has 0 radical (unpaired) electrons. The fourth-order valence-corrected chi connectivity index (χ4v) is 7.99. The Balaban J connectivity index is 4.02. The molecule has 1 unspecified atom stereocenters. The molecule has 9 nitrogen and oxygen atoms in total. The van der Waals surface area contributed by atoms with Gasteiger partial charge in [0.05, 0.1) is 13.2 Å². The molecule has 0 aliphatic rings. The second kappa shape index (κ2) is 45.3. The molecule has 3 N–H and O–H groups in total. The van der Waals surface area contributed by atoms with Crippen LogP contribution in [-0.4, -0.2) is 49.3 Å². The van der Waals surface area contributed by atoms with Crippen LogP contribution in [0.2, 0.25) is 0 Å². The number of esters is 2. The number of hydrogen-bond donors (Lipinski definition) is 2. The van der Waals surface area contributed by atoms with Gasteiger partial charge in [-0.1, -0.05) is 212 Å². The van der Waals surface area contributed by atoms with Crippen LogP contribution in [0.1, 0.15) is 251 Å². The summed E-state index contributed by atoms with van der Waals surface area (Å²) in [5, 5.41) is 0. The number of carbonyl (C=O) groups excluding carboxylic acids is 2. The van der Waals surface area contributed by atoms with E-state index in [1.807, 2.05) is 0 Å². The highest BCUT2D eigenvalue weighted by Gasteiger charge is 2.26. The van der Waals surface area contributed by atoms with E-state index in [0.29, 0.717) is 6.42 Å². The molecule has 0 aromatic carbocycles. The molecule has 0 aromatic heterocycles. The van der Waals surface area contributed by atoms with E-state index < -0.39 is 26.5 Å². The van der Waals surface area contributed by atoms with E-state index in [9.17, 15) is 19.0 Å². The average Bonchev–Trinajstić information content (AvgIpc) is 3.21. The monoisotopic (exact) mass is 844 g/mol. The first-order valence-electron chi connectivity index (χ1n) is 24.7. The zero-order chi connectivity index (χ0) is 42.5. The van der Waals surface area contributed by atoms with Crippen LogP contribution in [-0.2, 0) is 32.7 Å². The zero-order valence-electron chi connectivity index (χ0n) is 38.1. The van der Waals surface area contributed by atoms with E-state index >= 15 is 0 Å². The summed E-state index contributed by atoms with van der Waals surface area (Å²) in [6.07, 6.45) is 48.1. The van der Waals surface area contributed by atoms with Crippen molar-refractivity contribution in [1.29, 1.82) is 0 Å². The van der Waals surface area contributed by atoms with Gasteiger partial charge in [-0.2, -0.15) is 0 Å². The summed E-state index contributed by atoms with van der Waals surface area (Å²) >= 11 is 0. The van der Waals surface area contributed by atoms with Crippen molar-refractivity contribution in [1.82, 2.24) is 0 Å². The molecule has 0 aliphatic heterocycles. The van der Waals surface area contributed by atoms with Crippen LogP contribution in [0.15, 0.2) is 12.2 Å². The standard InChI is InChI=1S/C48H94NO8P/c1-3-5-7-9-11-13-15-17-19-21-22-23-24-25-27-28-30-32-34-36-38-40-47(50)54-44-46(45-56-58(52,53)55-43-42-49)57-48(51)41-39-37-35-33-31-29-26-20-18-16-14-12-10-8-6-4-2/h17,19,46H,3-16,18,20-45,49H2,1-2H3,(H,52,53)/b19-17+/t46-/m0/s1. The van der Waals surface area contributed by atoms with Gasteiger partial charge in [-0.05, 0) is 38.5 Å². The third-order valence-electron chi connectivity index (χ3n) is 10.9. The largest absolute Gasteiger partial charge is 0.472 e. The number of rotatable bonds is 47. The summed E-state index contributed by atoms with van der Waals surface area (Å²) in [5.74, 6) is -0.814. The second-order valence-electron chi connectivity index (χ2n) is 16.7. The molecule has 0 amide bonds. The van der Waals surface area contributed by atoms with Crippen molar-refractivity contribution in [3.05, 3.63) is 12.2 Å². The number of hydrogen-bond acceptors (Lipinski definition) is 8. The van der Waals surface area contributed by atoms with Crippen LogP contribution in [0, 0.1) is 0 Å². The highest BCUT2D eigenvalue weighted by atomic mass is 31.2. The first kappa shape index (κ1) is 56.8. The predicted molar refractivity (Wildman–Crippen MR) is 243 cm³/mol. The lowest BCUT2D eigenvalue weighted by atomic mass is 10.0. The van der Waals surface area contributed by atoms with Gasteiger partial charge in [0.1, 0.15) is 6.61 Å². The zero-order valence-corrected chi connectivity index (χ0v) is 38.9. The molecule has 344 valence electrons. The number of ether oxygens (including phenoxy) is 2. The molecular weight excluding hydrogens is 750 g/mol. The van der Waals surface area contributed by atoms with Crippen molar-refractivity contribution in [3.63, 3.8) is 0 Å². The maximum absolute atomic E-state index is 12.6. The number of nitrogens with two attached hydrogens (primary N) is 1. The lowest BCUT2D eigenvalue weighted by Crippen LogP contribution is -2.29. The first-order valence-corrected chi connectivity index (χ1v) is 26.2. The van der Waals surface area contributed by atoms with E-state index in [1.165, 1.54) is 186 Å². The van der Waals surface area contributed by atoms with Crippen molar-refractivity contribution in [2.24, 2.45) is 5.73 Å². The molecule has 0 spiro atoms. The minimum absolute atomic E-state index is 0.0566. The Hall–Kier alpha value is -1.25. The van der Waals surface area contributed by atoms with E-state index in [2.05, 4.69) is 26.0 Å². The maximum atomic E-state index is 12.6. The van der Waals surface area contributed by atoms with Crippen LogP contribution in [0.25, 0.3) is 0 Å². The molecule has 2 atom stereocenters. The Morgan fingerprint density at radius 3 is 1.22 bits per heavy atom. The van der Waals surface area contributed by atoms with Gasteiger partial charge in [0.25, 0.3) is 0 Å². The fraction of sp³-hybridized carbons (Fsp3) is 0.917. The van der Waals surface area contributed by atoms with E-state index in [1.54, 1.807) is 0 Å². The van der Waals surface area contributed by atoms with Gasteiger partial charge in [-0.25, -0.2) is 4.57 Å². The molecule has 0 aromatic rings. The summed E-state index contributed by atoms with van der Waals surface area (Å²) in [7, 11) is -4.37. The van der Waals surface area contributed by atoms with Gasteiger partial charge in [0, 0.05) is 19.4 Å². The average molecular weight is 844 g/mol. The van der Waals surface area contributed by atoms with Crippen LogP contribution in [0.3, 0.4) is 0 Å². The Morgan fingerprint density at radius 1 is 0.500 bits per heavy atom. The lowest BCUT2D eigenvalue weighted by Gasteiger charge is -2.19. The number of phosphoric acid groups is 1. The summed E-state index contributed by atoms with van der Waals surface area (Å²) in [5.41, 5.74) is 5.36. The summed E-state index contributed by atoms with van der Waals surface area (Å²) in [4.78, 5) is 35.0. The van der Waals surface area contributed by atoms with Crippen LogP contribution in [0.4, 0.5) is 0 Å². The molecule has 0 saturated heterocycles. The number of unbranched alkanes of at least 4 members (excludes halogenated alkanes) is 32. The first-order chi connectivity index (χ1) is 28.3. The van der Waals surface area contributed by atoms with Gasteiger partial charge in [0.2, 0.25) is 0 Å². The Labute approximate surface area is 358 Å². The van der Waals surface area contributed by atoms with Crippen LogP contribution < -0.4 is 5.73 Å². The predicted octanol–water partition coefficient (Wildman–Crippen LogP) is 14.6. The Kier molecular flexibility index (Phi) is 44.3. The van der Waals surface area contributed by atoms with Crippen molar-refractivity contribution in [2.45, 2.75) is 258 Å². The fourth-order valence-electron chi connectivity index (χ4n) is 7.22. The summed E-state index contributed by atoms with van der Waals surface area (Å²) < 4.78 is 32.9. The minimum Gasteiger partial charge on any atom is -0.462 e. The van der Waals surface area contributed by atoms with Crippen molar-refractivity contribution < 1.29 is 37.6 Å². The lowest BCUT2D eigenvalue weighted by molar-refractivity contribution is -0.161. The van der Waals surface area contributed by atoms with Crippen molar-refractivity contribution in [3.8, 4) is 0 Å². The molecule has 0 bridgehead atoms. The Bertz CT molecular complexity index is 964. The molecule has 58 heavy (non-hydrogen) atoms. The maximum Gasteiger partial charge on any atom is 0.472 e. The minimum atomic E-state index is -4.37. The third kappa shape index (κ3) is 44.3. The summed E-state index contributed by atoms with van der Waals surface area (Å²) in [6.45, 7) is 3.78. The molecule has 0 fully saturated rings. The van der Waals surface area contributed by atoms with Crippen molar-refractivity contribution >= 4 is 19.8 Å². The molecular formula is C48H94NO8P. The highest BCUT2D eigenvalue weighted by Crippen LogP contribution is 2.43. The van der Waals surface area contributed by atoms with Gasteiger partial charge < -0.3 is 20.1 Å². The molecule has 0 heterocycles. The smallest absolute Gasteiger partial charge is 0.462 e.